The standard InChI is InChI=1S/C15H13BrF2N6/c16-13-12-14(22-21-13)19-8-20-15(12)24-5-3-23(4-6-24)9-1-2-10(17)11(18)7-9/h1-2,7-8H,3-6H2,(H,19,20,21,22). The molecule has 0 aliphatic carbocycles. The van der Waals surface area contributed by atoms with E-state index in [0.717, 1.165) is 21.9 Å². The highest BCUT2D eigenvalue weighted by molar-refractivity contribution is 9.10. The molecule has 6 nitrogen and oxygen atoms in total. The zero-order valence-electron chi connectivity index (χ0n) is 12.5. The van der Waals surface area contributed by atoms with Gasteiger partial charge in [0.15, 0.2) is 17.3 Å². The van der Waals surface area contributed by atoms with Crippen LogP contribution < -0.4 is 9.80 Å². The molecule has 24 heavy (non-hydrogen) atoms. The number of piperazine rings is 1. The highest BCUT2D eigenvalue weighted by Crippen LogP contribution is 2.29. The van der Waals surface area contributed by atoms with Gasteiger partial charge in [0, 0.05) is 37.9 Å². The number of nitrogens with one attached hydrogen (secondary N) is 1. The number of aromatic amines is 1. The van der Waals surface area contributed by atoms with Gasteiger partial charge in [-0.15, -0.1) is 0 Å². The molecular weight excluding hydrogens is 382 g/mol. The van der Waals surface area contributed by atoms with Gasteiger partial charge in [0.1, 0.15) is 16.7 Å². The molecule has 0 amide bonds. The zero-order valence-corrected chi connectivity index (χ0v) is 14.1. The quantitative estimate of drug-likeness (QED) is 0.723. The van der Waals surface area contributed by atoms with E-state index in [0.29, 0.717) is 37.5 Å². The predicted octanol–water partition coefficient (Wildman–Crippen LogP) is 2.72. The average molecular weight is 395 g/mol. The number of anilines is 2. The number of hydrogen-bond acceptors (Lipinski definition) is 5. The predicted molar refractivity (Wildman–Crippen MR) is 90.2 cm³/mol. The fraction of sp³-hybridized carbons (Fsp3) is 0.267. The van der Waals surface area contributed by atoms with E-state index in [2.05, 4.69) is 41.0 Å². The van der Waals surface area contributed by atoms with Gasteiger partial charge in [-0.1, -0.05) is 0 Å². The molecule has 0 spiro atoms. The Labute approximate surface area is 144 Å². The smallest absolute Gasteiger partial charge is 0.187 e. The molecule has 0 unspecified atom stereocenters. The van der Waals surface area contributed by atoms with Crippen LogP contribution in [0.3, 0.4) is 0 Å². The molecule has 1 aliphatic heterocycles. The molecule has 1 saturated heterocycles. The highest BCUT2D eigenvalue weighted by Gasteiger charge is 2.22. The van der Waals surface area contributed by atoms with Crippen LogP contribution in [0, 0.1) is 11.6 Å². The molecule has 1 aliphatic rings. The van der Waals surface area contributed by atoms with Crippen molar-refractivity contribution < 1.29 is 8.78 Å². The van der Waals surface area contributed by atoms with Gasteiger partial charge in [0.05, 0.1) is 5.39 Å². The Morgan fingerprint density at radius 3 is 2.50 bits per heavy atom. The van der Waals surface area contributed by atoms with E-state index in [-0.39, 0.29) is 0 Å². The van der Waals surface area contributed by atoms with Gasteiger partial charge < -0.3 is 9.80 Å². The third-order valence-electron chi connectivity index (χ3n) is 4.13. The first-order chi connectivity index (χ1) is 11.6. The second kappa shape index (κ2) is 5.97. The van der Waals surface area contributed by atoms with Crippen LogP contribution in [0.4, 0.5) is 20.3 Å². The van der Waals surface area contributed by atoms with Crippen molar-refractivity contribution in [3.8, 4) is 0 Å². The molecule has 1 N–H and O–H groups in total. The first kappa shape index (κ1) is 15.3. The summed E-state index contributed by atoms with van der Waals surface area (Å²) in [6, 6.07) is 4.00. The number of hydrogen-bond donors (Lipinski definition) is 1. The summed E-state index contributed by atoms with van der Waals surface area (Å²) in [4.78, 5) is 12.7. The summed E-state index contributed by atoms with van der Waals surface area (Å²) < 4.78 is 27.2. The molecular formula is C15H13BrF2N6. The van der Waals surface area contributed by atoms with E-state index in [4.69, 9.17) is 0 Å². The third kappa shape index (κ3) is 2.58. The molecule has 0 atom stereocenters. The Bertz CT molecular complexity index is 891. The minimum atomic E-state index is -0.828. The topological polar surface area (TPSA) is 60.9 Å². The fourth-order valence-electron chi connectivity index (χ4n) is 2.90. The van der Waals surface area contributed by atoms with Crippen molar-refractivity contribution in [2.24, 2.45) is 0 Å². The fourth-order valence-corrected chi connectivity index (χ4v) is 3.35. The van der Waals surface area contributed by atoms with Crippen molar-refractivity contribution >= 4 is 38.5 Å². The highest BCUT2D eigenvalue weighted by atomic mass is 79.9. The normalized spacial score (nSPS) is 15.3. The Morgan fingerprint density at radius 1 is 1.00 bits per heavy atom. The molecule has 9 heteroatoms. The molecule has 1 aromatic carbocycles. The lowest BCUT2D eigenvalue weighted by molar-refractivity contribution is 0.507. The molecule has 0 saturated carbocycles. The molecule has 3 aromatic rings. The molecule has 1 fully saturated rings. The maximum atomic E-state index is 13.4. The Balaban J connectivity index is 1.55. The van der Waals surface area contributed by atoms with Crippen molar-refractivity contribution in [1.82, 2.24) is 20.2 Å². The number of nitrogens with zero attached hydrogens (tertiary/aromatic N) is 5. The summed E-state index contributed by atoms with van der Waals surface area (Å²) in [6.07, 6.45) is 1.49. The summed E-state index contributed by atoms with van der Waals surface area (Å²) in [5.41, 5.74) is 1.29. The first-order valence-electron chi connectivity index (χ1n) is 7.43. The summed E-state index contributed by atoms with van der Waals surface area (Å²) in [5, 5.41) is 7.82. The number of aromatic nitrogens is 4. The maximum Gasteiger partial charge on any atom is 0.187 e. The van der Waals surface area contributed by atoms with Crippen LogP contribution in [0.1, 0.15) is 0 Å². The summed E-state index contributed by atoms with van der Waals surface area (Å²) >= 11 is 3.44. The van der Waals surface area contributed by atoms with Crippen LogP contribution >= 0.6 is 15.9 Å². The number of halogens is 3. The number of rotatable bonds is 2. The summed E-state index contributed by atoms with van der Waals surface area (Å²) in [6.45, 7) is 2.80. The largest absolute Gasteiger partial charge is 0.368 e. The van der Waals surface area contributed by atoms with E-state index >= 15 is 0 Å². The first-order valence-corrected chi connectivity index (χ1v) is 8.22. The maximum absolute atomic E-state index is 13.4. The van der Waals surface area contributed by atoms with E-state index < -0.39 is 11.6 Å². The van der Waals surface area contributed by atoms with Crippen LogP contribution in [-0.2, 0) is 0 Å². The molecule has 0 bridgehead atoms. The minimum absolute atomic E-state index is 0.606. The lowest BCUT2D eigenvalue weighted by atomic mass is 10.2. The SMILES string of the molecule is Fc1ccc(N2CCN(c3ncnc4n[nH]c(Br)c34)CC2)cc1F. The number of fused-ring (bicyclic) bond motifs is 1. The van der Waals surface area contributed by atoms with Crippen LogP contribution in [0.2, 0.25) is 0 Å². The van der Waals surface area contributed by atoms with Crippen molar-refractivity contribution in [3.05, 3.63) is 40.8 Å². The van der Waals surface area contributed by atoms with Gasteiger partial charge in [-0.2, -0.15) is 5.10 Å². The second-order valence-corrected chi connectivity index (χ2v) is 6.30. The minimum Gasteiger partial charge on any atom is -0.368 e. The van der Waals surface area contributed by atoms with Gasteiger partial charge in [-0.25, -0.2) is 18.7 Å². The Kier molecular flexibility index (Phi) is 3.79. The second-order valence-electron chi connectivity index (χ2n) is 5.51. The average Bonchev–Trinajstić information content (AvgIpc) is 2.99. The molecule has 3 heterocycles. The molecule has 4 rings (SSSR count). The van der Waals surface area contributed by atoms with E-state index in [9.17, 15) is 8.78 Å². The van der Waals surface area contributed by atoms with Crippen LogP contribution in [0.25, 0.3) is 11.0 Å². The lowest BCUT2D eigenvalue weighted by Gasteiger charge is -2.36. The molecule has 124 valence electrons. The summed E-state index contributed by atoms with van der Waals surface area (Å²) in [5.74, 6) is -0.842. The third-order valence-corrected chi connectivity index (χ3v) is 4.71. The summed E-state index contributed by atoms with van der Waals surface area (Å²) in [7, 11) is 0. The van der Waals surface area contributed by atoms with Crippen LogP contribution in [-0.4, -0.2) is 46.3 Å². The van der Waals surface area contributed by atoms with Gasteiger partial charge >= 0.3 is 0 Å². The van der Waals surface area contributed by atoms with Gasteiger partial charge in [0.2, 0.25) is 0 Å². The number of H-pyrrole nitrogens is 1. The van der Waals surface area contributed by atoms with Gasteiger partial charge in [-0.3, -0.25) is 5.10 Å². The van der Waals surface area contributed by atoms with E-state index in [1.165, 1.54) is 12.4 Å². The van der Waals surface area contributed by atoms with E-state index in [1.807, 2.05) is 4.90 Å². The Morgan fingerprint density at radius 2 is 1.75 bits per heavy atom. The lowest BCUT2D eigenvalue weighted by Crippen LogP contribution is -2.47. The van der Waals surface area contributed by atoms with Crippen molar-refractivity contribution in [2.45, 2.75) is 0 Å². The van der Waals surface area contributed by atoms with E-state index in [1.54, 1.807) is 6.07 Å². The van der Waals surface area contributed by atoms with Crippen molar-refractivity contribution in [3.63, 3.8) is 0 Å². The van der Waals surface area contributed by atoms with Crippen LogP contribution in [0.5, 0.6) is 0 Å². The van der Waals surface area contributed by atoms with Gasteiger partial charge in [-0.05, 0) is 28.1 Å². The Hall–Kier alpha value is -2.29. The zero-order chi connectivity index (χ0) is 16.7. The molecule has 2 aromatic heterocycles. The number of benzene rings is 1. The van der Waals surface area contributed by atoms with Crippen molar-refractivity contribution in [2.75, 3.05) is 36.0 Å². The van der Waals surface area contributed by atoms with Crippen molar-refractivity contribution in [1.29, 1.82) is 0 Å². The van der Waals surface area contributed by atoms with Gasteiger partial charge in [0.25, 0.3) is 0 Å². The molecule has 0 radical (unpaired) electrons. The van der Waals surface area contributed by atoms with Crippen LogP contribution in [0.15, 0.2) is 29.1 Å². The monoisotopic (exact) mass is 394 g/mol.